The van der Waals surface area contributed by atoms with Crippen molar-refractivity contribution in [3.63, 3.8) is 0 Å². The highest BCUT2D eigenvalue weighted by Crippen LogP contribution is 2.34. The lowest BCUT2D eigenvalue weighted by Gasteiger charge is -2.32. The second kappa shape index (κ2) is 14.7. The van der Waals surface area contributed by atoms with Crippen molar-refractivity contribution in [1.29, 1.82) is 0 Å². The van der Waals surface area contributed by atoms with Gasteiger partial charge in [0.05, 0.1) is 24.8 Å². The molecule has 0 bridgehead atoms. The molecule has 0 heterocycles. The number of carbonyl (C=O) groups excluding carboxylic acids is 2. The Kier molecular flexibility index (Phi) is 11.4. The van der Waals surface area contributed by atoms with Crippen molar-refractivity contribution >= 4 is 27.5 Å². The third-order valence-corrected chi connectivity index (χ3v) is 8.76. The fourth-order valence-corrected chi connectivity index (χ4v) is 5.88. The molecule has 0 aliphatic rings. The van der Waals surface area contributed by atoms with Gasteiger partial charge in [0, 0.05) is 19.2 Å². The summed E-state index contributed by atoms with van der Waals surface area (Å²) in [6, 6.07) is 17.9. The number of hydrogen-bond donors (Lipinski definition) is 1. The van der Waals surface area contributed by atoms with Crippen LogP contribution >= 0.6 is 0 Å². The van der Waals surface area contributed by atoms with Crippen LogP contribution in [0.4, 0.5) is 5.69 Å². The van der Waals surface area contributed by atoms with E-state index >= 15 is 0 Å². The number of methoxy groups -OCH3 is 2. The maximum absolute atomic E-state index is 14.1. The molecule has 1 atom stereocenters. The van der Waals surface area contributed by atoms with Crippen LogP contribution in [0.5, 0.6) is 11.5 Å². The Balaban J connectivity index is 2.06. The molecular formula is C32H41N3O6S. The van der Waals surface area contributed by atoms with E-state index in [1.165, 1.54) is 37.3 Å². The zero-order valence-corrected chi connectivity index (χ0v) is 26.0. The molecule has 9 nitrogen and oxygen atoms in total. The second-order valence-corrected chi connectivity index (χ2v) is 12.1. The van der Waals surface area contributed by atoms with Crippen LogP contribution in [0.2, 0.25) is 0 Å². The molecule has 0 spiro atoms. The standard InChI is InChI=1S/C32H41N3O6S/c1-7-8-18-33-32(37)25(4)34(21-26-11-9-10-24(3)19-26)31(36)22-35(27-14-17-29(40-5)30(20-27)41-6)42(38,39)28-15-12-23(2)13-16-28/h9-17,19-20,25H,7-8,18,21-22H2,1-6H3,(H,33,37)/t25-/m0/s1. The second-order valence-electron chi connectivity index (χ2n) is 10.2. The predicted molar refractivity (Wildman–Crippen MR) is 164 cm³/mol. The molecule has 10 heteroatoms. The van der Waals surface area contributed by atoms with E-state index in [2.05, 4.69) is 5.32 Å². The lowest BCUT2D eigenvalue weighted by atomic mass is 10.1. The molecule has 0 saturated carbocycles. The van der Waals surface area contributed by atoms with Crippen molar-refractivity contribution in [2.24, 2.45) is 0 Å². The minimum absolute atomic E-state index is 0.0336. The minimum atomic E-state index is -4.20. The molecule has 1 N–H and O–H groups in total. The van der Waals surface area contributed by atoms with E-state index in [9.17, 15) is 18.0 Å². The van der Waals surface area contributed by atoms with E-state index in [-0.39, 0.29) is 23.0 Å². The van der Waals surface area contributed by atoms with Gasteiger partial charge in [0.2, 0.25) is 11.8 Å². The Morgan fingerprint density at radius 1 is 0.905 bits per heavy atom. The number of benzene rings is 3. The highest BCUT2D eigenvalue weighted by Gasteiger charge is 2.33. The Morgan fingerprint density at radius 3 is 2.21 bits per heavy atom. The van der Waals surface area contributed by atoms with Crippen LogP contribution in [0.15, 0.2) is 71.6 Å². The van der Waals surface area contributed by atoms with Crippen LogP contribution < -0.4 is 19.1 Å². The Labute approximate surface area is 249 Å². The predicted octanol–water partition coefficient (Wildman–Crippen LogP) is 4.85. The number of nitrogens with one attached hydrogen (secondary N) is 1. The summed E-state index contributed by atoms with van der Waals surface area (Å²) in [6.07, 6.45) is 1.73. The van der Waals surface area contributed by atoms with E-state index in [1.54, 1.807) is 31.2 Å². The molecule has 0 saturated heterocycles. The first-order chi connectivity index (χ1) is 20.0. The number of sulfonamides is 1. The highest BCUT2D eigenvalue weighted by molar-refractivity contribution is 7.92. The van der Waals surface area contributed by atoms with Crippen LogP contribution in [0.25, 0.3) is 0 Å². The molecule has 226 valence electrons. The first-order valence-electron chi connectivity index (χ1n) is 14.0. The number of carbonyl (C=O) groups is 2. The van der Waals surface area contributed by atoms with Gasteiger partial charge < -0.3 is 19.7 Å². The molecule has 0 aromatic heterocycles. The fourth-order valence-electron chi connectivity index (χ4n) is 4.47. The lowest BCUT2D eigenvalue weighted by Crippen LogP contribution is -2.51. The molecule has 2 amide bonds. The van der Waals surface area contributed by atoms with Gasteiger partial charge >= 0.3 is 0 Å². The summed E-state index contributed by atoms with van der Waals surface area (Å²) in [5.41, 5.74) is 2.96. The molecule has 3 aromatic carbocycles. The van der Waals surface area contributed by atoms with Gasteiger partial charge in [-0.2, -0.15) is 0 Å². The molecule has 3 rings (SSSR count). The Morgan fingerprint density at radius 2 is 1.60 bits per heavy atom. The zero-order valence-electron chi connectivity index (χ0n) is 25.2. The number of anilines is 1. The summed E-state index contributed by atoms with van der Waals surface area (Å²) in [5.74, 6) is -0.103. The van der Waals surface area contributed by atoms with Gasteiger partial charge in [0.1, 0.15) is 12.6 Å². The van der Waals surface area contributed by atoms with Crippen molar-refractivity contribution in [2.75, 3.05) is 31.6 Å². The molecule has 0 fully saturated rings. The third-order valence-electron chi connectivity index (χ3n) is 6.98. The van der Waals surface area contributed by atoms with E-state index in [0.717, 1.165) is 33.8 Å². The summed E-state index contributed by atoms with van der Waals surface area (Å²) in [6.45, 7) is 7.58. The molecule has 0 aliphatic heterocycles. The van der Waals surface area contributed by atoms with E-state index < -0.39 is 28.5 Å². The van der Waals surface area contributed by atoms with Gasteiger partial charge in [-0.25, -0.2) is 8.42 Å². The van der Waals surface area contributed by atoms with Gasteiger partial charge in [-0.3, -0.25) is 13.9 Å². The molecule has 0 aliphatic carbocycles. The Hall–Kier alpha value is -4.05. The fraction of sp³-hybridized carbons (Fsp3) is 0.375. The smallest absolute Gasteiger partial charge is 0.264 e. The number of unbranched alkanes of at least 4 members (excludes halogenated alkanes) is 1. The van der Waals surface area contributed by atoms with E-state index in [1.807, 2.05) is 45.0 Å². The first kappa shape index (κ1) is 32.5. The van der Waals surface area contributed by atoms with Gasteiger partial charge in [0.25, 0.3) is 10.0 Å². The normalized spacial score (nSPS) is 11.9. The lowest BCUT2D eigenvalue weighted by molar-refractivity contribution is -0.139. The topological polar surface area (TPSA) is 105 Å². The van der Waals surface area contributed by atoms with Gasteiger partial charge in [0.15, 0.2) is 11.5 Å². The molecule has 0 radical (unpaired) electrons. The monoisotopic (exact) mass is 595 g/mol. The summed E-state index contributed by atoms with van der Waals surface area (Å²) < 4.78 is 39.9. The minimum Gasteiger partial charge on any atom is -0.493 e. The quantitative estimate of drug-likeness (QED) is 0.267. The maximum atomic E-state index is 14.1. The van der Waals surface area contributed by atoms with Crippen molar-refractivity contribution in [1.82, 2.24) is 10.2 Å². The van der Waals surface area contributed by atoms with Crippen LogP contribution in [-0.4, -0.2) is 58.5 Å². The van der Waals surface area contributed by atoms with Crippen LogP contribution in [0.3, 0.4) is 0 Å². The number of aryl methyl sites for hydroxylation is 2. The Bertz CT molecular complexity index is 1470. The number of amides is 2. The number of nitrogens with zero attached hydrogens (tertiary/aromatic N) is 2. The van der Waals surface area contributed by atoms with E-state index in [0.29, 0.717) is 18.0 Å². The molecule has 0 unspecified atom stereocenters. The van der Waals surface area contributed by atoms with Gasteiger partial charge in [-0.1, -0.05) is 60.9 Å². The summed E-state index contributed by atoms with van der Waals surface area (Å²) in [7, 11) is -1.26. The van der Waals surface area contributed by atoms with Crippen molar-refractivity contribution in [2.45, 2.75) is 58.0 Å². The van der Waals surface area contributed by atoms with Crippen molar-refractivity contribution in [3.8, 4) is 11.5 Å². The zero-order chi connectivity index (χ0) is 30.9. The van der Waals surface area contributed by atoms with Gasteiger partial charge in [-0.15, -0.1) is 0 Å². The van der Waals surface area contributed by atoms with Crippen LogP contribution in [0.1, 0.15) is 43.4 Å². The van der Waals surface area contributed by atoms with Crippen molar-refractivity contribution < 1.29 is 27.5 Å². The average Bonchev–Trinajstić information content (AvgIpc) is 2.98. The number of hydrogen-bond acceptors (Lipinski definition) is 6. The van der Waals surface area contributed by atoms with Crippen molar-refractivity contribution in [3.05, 3.63) is 83.4 Å². The highest BCUT2D eigenvalue weighted by atomic mass is 32.2. The molecule has 42 heavy (non-hydrogen) atoms. The summed E-state index contributed by atoms with van der Waals surface area (Å²) >= 11 is 0. The summed E-state index contributed by atoms with van der Waals surface area (Å²) in [4.78, 5) is 28.7. The molecule has 3 aromatic rings. The first-order valence-corrected chi connectivity index (χ1v) is 15.4. The van der Waals surface area contributed by atoms with Gasteiger partial charge in [-0.05, 0) is 57.0 Å². The average molecular weight is 596 g/mol. The van der Waals surface area contributed by atoms with Crippen LogP contribution in [0, 0.1) is 13.8 Å². The number of ether oxygens (including phenoxy) is 2. The molecular weight excluding hydrogens is 554 g/mol. The van der Waals surface area contributed by atoms with Crippen LogP contribution in [-0.2, 0) is 26.2 Å². The number of rotatable bonds is 14. The maximum Gasteiger partial charge on any atom is 0.264 e. The third kappa shape index (κ3) is 8.03. The largest absolute Gasteiger partial charge is 0.493 e. The van der Waals surface area contributed by atoms with E-state index in [4.69, 9.17) is 9.47 Å². The SMILES string of the molecule is CCCCNC(=O)[C@H](C)N(Cc1cccc(C)c1)C(=O)CN(c1ccc(OC)c(OC)c1)S(=O)(=O)c1ccc(C)cc1. The summed E-state index contributed by atoms with van der Waals surface area (Å²) in [5, 5.41) is 2.89.